The summed E-state index contributed by atoms with van der Waals surface area (Å²) in [4.78, 5) is 32.0. The third-order valence-corrected chi connectivity index (χ3v) is 3.79. The molecule has 0 fully saturated rings. The van der Waals surface area contributed by atoms with Crippen molar-refractivity contribution in [2.75, 3.05) is 22.6 Å². The van der Waals surface area contributed by atoms with Crippen molar-refractivity contribution in [3.05, 3.63) is 66.6 Å². The minimum Gasteiger partial charge on any atom is -0.492 e. The largest absolute Gasteiger partial charge is 0.492 e. The van der Waals surface area contributed by atoms with Crippen molar-refractivity contribution in [1.29, 1.82) is 0 Å². The summed E-state index contributed by atoms with van der Waals surface area (Å²) >= 11 is 0. The second-order valence-electron chi connectivity index (χ2n) is 6.06. The van der Waals surface area contributed by atoms with Crippen LogP contribution in [0.5, 0.6) is 5.75 Å². The maximum absolute atomic E-state index is 12.6. The number of amides is 2. The van der Waals surface area contributed by atoms with Gasteiger partial charge in [-0.25, -0.2) is 9.97 Å². The summed E-state index contributed by atoms with van der Waals surface area (Å²) in [6, 6.07) is 15.9. The molecule has 3 rings (SSSR count). The van der Waals surface area contributed by atoms with Crippen LogP contribution in [-0.2, 0) is 4.79 Å². The molecular weight excluding hydrogens is 370 g/mol. The smallest absolute Gasteiger partial charge is 0.274 e. The molecule has 0 bridgehead atoms. The Bertz CT molecular complexity index is 1020. The van der Waals surface area contributed by atoms with Crippen LogP contribution in [0.15, 0.2) is 60.9 Å². The molecule has 3 aromatic rings. The van der Waals surface area contributed by atoms with Crippen LogP contribution >= 0.6 is 0 Å². The van der Waals surface area contributed by atoms with Crippen LogP contribution < -0.4 is 20.7 Å². The molecule has 0 saturated heterocycles. The lowest BCUT2D eigenvalue weighted by Crippen LogP contribution is -2.15. The summed E-state index contributed by atoms with van der Waals surface area (Å²) in [5.74, 6) is 0.569. The predicted molar refractivity (Wildman–Crippen MR) is 112 cm³/mol. The van der Waals surface area contributed by atoms with Gasteiger partial charge in [-0.05, 0) is 37.3 Å². The molecule has 3 N–H and O–H groups in total. The highest BCUT2D eigenvalue weighted by Gasteiger charge is 2.11. The van der Waals surface area contributed by atoms with E-state index in [0.29, 0.717) is 29.5 Å². The molecule has 0 radical (unpaired) electrons. The first-order valence-corrected chi connectivity index (χ1v) is 9.05. The van der Waals surface area contributed by atoms with Crippen molar-refractivity contribution in [1.82, 2.24) is 9.97 Å². The van der Waals surface area contributed by atoms with Gasteiger partial charge in [-0.1, -0.05) is 18.2 Å². The minimum absolute atomic E-state index is 0.188. The van der Waals surface area contributed by atoms with Gasteiger partial charge in [0.25, 0.3) is 5.91 Å². The van der Waals surface area contributed by atoms with E-state index in [1.54, 1.807) is 30.3 Å². The van der Waals surface area contributed by atoms with Crippen LogP contribution in [0.4, 0.5) is 22.9 Å². The summed E-state index contributed by atoms with van der Waals surface area (Å²) in [6.45, 7) is 3.86. The number of hydrogen-bond donors (Lipinski definition) is 3. The second kappa shape index (κ2) is 9.32. The van der Waals surface area contributed by atoms with Gasteiger partial charge in [0.1, 0.15) is 23.6 Å². The molecule has 0 atom stereocenters. The third-order valence-electron chi connectivity index (χ3n) is 3.79. The summed E-state index contributed by atoms with van der Waals surface area (Å²) < 4.78 is 5.59. The van der Waals surface area contributed by atoms with E-state index in [2.05, 4.69) is 25.9 Å². The summed E-state index contributed by atoms with van der Waals surface area (Å²) in [5, 5.41) is 8.58. The number of anilines is 4. The van der Waals surface area contributed by atoms with Crippen LogP contribution in [0.25, 0.3) is 0 Å². The van der Waals surface area contributed by atoms with Gasteiger partial charge in [0.15, 0.2) is 0 Å². The van der Waals surface area contributed by atoms with Crippen molar-refractivity contribution in [3.8, 4) is 5.75 Å². The maximum Gasteiger partial charge on any atom is 0.274 e. The molecular formula is C21H21N5O3. The van der Waals surface area contributed by atoms with E-state index >= 15 is 0 Å². The fourth-order valence-corrected chi connectivity index (χ4v) is 2.61. The fourth-order valence-electron chi connectivity index (χ4n) is 2.61. The average molecular weight is 391 g/mol. The quantitative estimate of drug-likeness (QED) is 0.565. The number of ether oxygens (including phenoxy) is 1. The molecule has 2 aromatic carbocycles. The van der Waals surface area contributed by atoms with Crippen LogP contribution in [0.3, 0.4) is 0 Å². The molecule has 8 heteroatoms. The predicted octanol–water partition coefficient (Wildman–Crippen LogP) is 3.83. The van der Waals surface area contributed by atoms with Gasteiger partial charge in [-0.15, -0.1) is 0 Å². The molecule has 0 unspecified atom stereocenters. The Labute approximate surface area is 168 Å². The zero-order valence-electron chi connectivity index (χ0n) is 16.1. The van der Waals surface area contributed by atoms with Crippen molar-refractivity contribution in [3.63, 3.8) is 0 Å². The Balaban J connectivity index is 1.74. The Morgan fingerprint density at radius 1 is 0.966 bits per heavy atom. The monoisotopic (exact) mass is 391 g/mol. The van der Waals surface area contributed by atoms with E-state index in [9.17, 15) is 9.59 Å². The van der Waals surface area contributed by atoms with E-state index in [1.807, 2.05) is 31.2 Å². The standard InChI is InChI=1S/C21H21N5O3/c1-3-29-19-10-5-4-9-17(19)26-20-12-18(22-13-23-20)21(28)25-16-8-6-7-15(11-16)24-14(2)27/h4-13H,3H2,1-2H3,(H,24,27)(H,25,28)(H,22,23,26). The first-order valence-electron chi connectivity index (χ1n) is 9.05. The van der Waals surface area contributed by atoms with Gasteiger partial charge >= 0.3 is 0 Å². The number of rotatable bonds is 7. The number of carbonyl (C=O) groups is 2. The lowest BCUT2D eigenvalue weighted by atomic mass is 10.2. The molecule has 0 saturated carbocycles. The van der Waals surface area contributed by atoms with Crippen molar-refractivity contribution < 1.29 is 14.3 Å². The molecule has 0 spiro atoms. The summed E-state index contributed by atoms with van der Waals surface area (Å²) in [6.07, 6.45) is 1.31. The lowest BCUT2D eigenvalue weighted by molar-refractivity contribution is -0.114. The Morgan fingerprint density at radius 3 is 2.48 bits per heavy atom. The molecule has 8 nitrogen and oxygen atoms in total. The number of hydrogen-bond acceptors (Lipinski definition) is 6. The Morgan fingerprint density at radius 2 is 1.72 bits per heavy atom. The highest BCUT2D eigenvalue weighted by molar-refractivity contribution is 6.03. The Kier molecular flexibility index (Phi) is 6.36. The van der Waals surface area contributed by atoms with E-state index < -0.39 is 5.91 Å². The van der Waals surface area contributed by atoms with E-state index in [0.717, 1.165) is 5.69 Å². The lowest BCUT2D eigenvalue weighted by Gasteiger charge is -2.12. The molecule has 148 valence electrons. The SMILES string of the molecule is CCOc1ccccc1Nc1cc(C(=O)Nc2cccc(NC(C)=O)c2)ncn1. The third kappa shape index (κ3) is 5.52. The number of nitrogens with one attached hydrogen (secondary N) is 3. The highest BCUT2D eigenvalue weighted by Crippen LogP contribution is 2.26. The van der Waals surface area contributed by atoms with Gasteiger partial charge in [-0.2, -0.15) is 0 Å². The molecule has 0 aliphatic rings. The topological polar surface area (TPSA) is 105 Å². The fraction of sp³-hybridized carbons (Fsp3) is 0.143. The van der Waals surface area contributed by atoms with Crippen LogP contribution in [0, 0.1) is 0 Å². The number of benzene rings is 2. The number of para-hydroxylation sites is 2. The van der Waals surface area contributed by atoms with Crippen LogP contribution in [0.1, 0.15) is 24.3 Å². The van der Waals surface area contributed by atoms with E-state index in [4.69, 9.17) is 4.74 Å². The zero-order chi connectivity index (χ0) is 20.6. The zero-order valence-corrected chi connectivity index (χ0v) is 16.1. The first kappa shape index (κ1) is 19.8. The normalized spacial score (nSPS) is 10.1. The van der Waals surface area contributed by atoms with Gasteiger partial charge < -0.3 is 20.7 Å². The molecule has 0 aliphatic heterocycles. The average Bonchev–Trinajstić information content (AvgIpc) is 2.70. The Hall–Kier alpha value is -3.94. The molecule has 29 heavy (non-hydrogen) atoms. The number of carbonyl (C=O) groups excluding carboxylic acids is 2. The van der Waals surface area contributed by atoms with Gasteiger partial charge in [0.2, 0.25) is 5.91 Å². The van der Waals surface area contributed by atoms with E-state index in [1.165, 1.54) is 13.3 Å². The van der Waals surface area contributed by atoms with Crippen LogP contribution in [0.2, 0.25) is 0 Å². The number of nitrogens with zero attached hydrogens (tertiary/aromatic N) is 2. The van der Waals surface area contributed by atoms with E-state index in [-0.39, 0.29) is 11.6 Å². The maximum atomic E-state index is 12.6. The van der Waals surface area contributed by atoms with Crippen molar-refractivity contribution >= 4 is 34.7 Å². The minimum atomic E-state index is -0.395. The van der Waals surface area contributed by atoms with Gasteiger partial charge in [-0.3, -0.25) is 9.59 Å². The highest BCUT2D eigenvalue weighted by atomic mass is 16.5. The summed E-state index contributed by atoms with van der Waals surface area (Å²) in [7, 11) is 0. The second-order valence-corrected chi connectivity index (χ2v) is 6.06. The first-order chi connectivity index (χ1) is 14.0. The molecule has 1 heterocycles. The van der Waals surface area contributed by atoms with Crippen LogP contribution in [-0.4, -0.2) is 28.4 Å². The van der Waals surface area contributed by atoms with Gasteiger partial charge in [0.05, 0.1) is 12.3 Å². The number of aromatic nitrogens is 2. The van der Waals surface area contributed by atoms with Crippen molar-refractivity contribution in [2.45, 2.75) is 13.8 Å². The molecule has 0 aliphatic carbocycles. The molecule has 1 aromatic heterocycles. The van der Waals surface area contributed by atoms with Crippen molar-refractivity contribution in [2.24, 2.45) is 0 Å². The molecule has 2 amide bonds. The summed E-state index contributed by atoms with van der Waals surface area (Å²) in [5.41, 5.74) is 2.06. The van der Waals surface area contributed by atoms with Gasteiger partial charge in [0, 0.05) is 24.4 Å².